The highest BCUT2D eigenvalue weighted by molar-refractivity contribution is 5.72. The molecule has 1 fully saturated rings. The zero-order valence-electron chi connectivity index (χ0n) is 16.8. The highest BCUT2D eigenvalue weighted by Gasteiger charge is 2.46. The first-order valence-corrected chi connectivity index (χ1v) is 9.77. The molecule has 2 unspecified atom stereocenters. The Morgan fingerprint density at radius 1 is 0.818 bits per heavy atom. The molecule has 4 rings (SSSR count). The molecule has 0 amide bonds. The summed E-state index contributed by atoms with van der Waals surface area (Å²) in [4.78, 5) is 0. The predicted octanol–water partition coefficient (Wildman–Crippen LogP) is -0.880. The second kappa shape index (κ2) is 8.59. The molecule has 0 aromatic heterocycles. The van der Waals surface area contributed by atoms with Gasteiger partial charge in [-0.05, 0) is 18.2 Å². The molecule has 12 nitrogen and oxygen atoms in total. The highest BCUT2D eigenvalue weighted by Crippen LogP contribution is 2.48. The monoisotopic (exact) mass is 466 g/mol. The van der Waals surface area contributed by atoms with Gasteiger partial charge in [-0.25, -0.2) is 0 Å². The molecule has 2 aliphatic rings. The molecule has 2 heterocycles. The van der Waals surface area contributed by atoms with E-state index in [-0.39, 0.29) is 28.4 Å². The average Bonchev–Trinajstić information content (AvgIpc) is 2.76. The van der Waals surface area contributed by atoms with Crippen molar-refractivity contribution in [1.29, 1.82) is 0 Å². The van der Waals surface area contributed by atoms with Crippen molar-refractivity contribution in [1.82, 2.24) is 0 Å². The van der Waals surface area contributed by atoms with Gasteiger partial charge in [-0.15, -0.1) is 0 Å². The van der Waals surface area contributed by atoms with Gasteiger partial charge in [-0.3, -0.25) is 0 Å². The largest absolute Gasteiger partial charge is 0.508 e. The van der Waals surface area contributed by atoms with E-state index in [1.165, 1.54) is 6.07 Å². The number of aliphatic hydroxyl groups is 5. The summed E-state index contributed by atoms with van der Waals surface area (Å²) in [5.41, 5.74) is -0.114. The van der Waals surface area contributed by atoms with Crippen molar-refractivity contribution < 1.29 is 60.2 Å². The van der Waals surface area contributed by atoms with Crippen molar-refractivity contribution in [2.75, 3.05) is 6.61 Å². The highest BCUT2D eigenvalue weighted by atomic mass is 16.7. The van der Waals surface area contributed by atoms with Crippen LogP contribution in [0.4, 0.5) is 0 Å². The Hall–Kier alpha value is -3.26. The Kier molecular flexibility index (Phi) is 5.97. The van der Waals surface area contributed by atoms with E-state index in [9.17, 15) is 46.0 Å². The maximum atomic E-state index is 11.0. The Bertz CT molecular complexity index is 1080. The SMILES string of the molecule is OC[C@H]1OC(OC2=C(c3ccc(O)c(O)c3)Oc3cc(O)cc(O)c3C2O)[C@@H](O)[C@H](O)[C@H]1O. The Labute approximate surface area is 186 Å². The fourth-order valence-corrected chi connectivity index (χ4v) is 3.65. The number of ether oxygens (including phenoxy) is 3. The van der Waals surface area contributed by atoms with E-state index in [2.05, 4.69) is 0 Å². The molecule has 178 valence electrons. The van der Waals surface area contributed by atoms with Crippen molar-refractivity contribution >= 4 is 5.76 Å². The van der Waals surface area contributed by atoms with Gasteiger partial charge in [0, 0.05) is 17.7 Å². The summed E-state index contributed by atoms with van der Waals surface area (Å²) in [5, 5.41) is 90.3. The van der Waals surface area contributed by atoms with E-state index >= 15 is 0 Å². The Morgan fingerprint density at radius 3 is 2.21 bits per heavy atom. The number of fused-ring (bicyclic) bond motifs is 1. The van der Waals surface area contributed by atoms with Gasteiger partial charge < -0.3 is 60.2 Å². The van der Waals surface area contributed by atoms with Gasteiger partial charge in [0.15, 0.2) is 23.0 Å². The molecule has 33 heavy (non-hydrogen) atoms. The number of hydrogen-bond donors (Lipinski definition) is 9. The minimum absolute atomic E-state index is 0.0809. The standard InChI is InChI=1S/C21H22O12/c22-6-13-15(27)17(29)18(30)21(32-13)33-20-16(28)14-11(26)4-8(23)5-12(14)31-19(20)7-1-2-9(24)10(25)3-7/h1-5,13,15-18,21-30H,6H2/t13-,15+,16?,17-,18+,21?/m1/s1. The first-order chi connectivity index (χ1) is 15.6. The van der Waals surface area contributed by atoms with E-state index in [0.29, 0.717) is 0 Å². The van der Waals surface area contributed by atoms with Gasteiger partial charge >= 0.3 is 0 Å². The summed E-state index contributed by atoms with van der Waals surface area (Å²) in [6.07, 6.45) is -9.96. The van der Waals surface area contributed by atoms with Crippen LogP contribution in [-0.2, 0) is 9.47 Å². The number of phenolic OH excluding ortho intramolecular Hbond substituents is 4. The molecule has 6 atom stereocenters. The number of benzene rings is 2. The summed E-state index contributed by atoms with van der Waals surface area (Å²) >= 11 is 0. The van der Waals surface area contributed by atoms with Crippen LogP contribution in [0.5, 0.6) is 28.7 Å². The van der Waals surface area contributed by atoms with Crippen molar-refractivity contribution in [3.05, 3.63) is 47.2 Å². The number of phenols is 4. The van der Waals surface area contributed by atoms with Crippen molar-refractivity contribution in [2.45, 2.75) is 36.8 Å². The zero-order valence-corrected chi connectivity index (χ0v) is 16.8. The van der Waals surface area contributed by atoms with E-state index < -0.39 is 66.4 Å². The molecule has 9 N–H and O–H groups in total. The van der Waals surface area contributed by atoms with Crippen molar-refractivity contribution in [3.63, 3.8) is 0 Å². The van der Waals surface area contributed by atoms with E-state index in [4.69, 9.17) is 14.2 Å². The lowest BCUT2D eigenvalue weighted by Crippen LogP contribution is -2.59. The summed E-state index contributed by atoms with van der Waals surface area (Å²) in [7, 11) is 0. The maximum absolute atomic E-state index is 11.0. The lowest BCUT2D eigenvalue weighted by Gasteiger charge is -2.41. The number of hydrogen-bond acceptors (Lipinski definition) is 12. The predicted molar refractivity (Wildman–Crippen MR) is 107 cm³/mol. The summed E-state index contributed by atoms with van der Waals surface area (Å²) in [6, 6.07) is 5.59. The van der Waals surface area contributed by atoms with Crippen LogP contribution in [0, 0.1) is 0 Å². The fraction of sp³-hybridized carbons (Fsp3) is 0.333. The first kappa shape index (κ1) is 22.9. The summed E-state index contributed by atoms with van der Waals surface area (Å²) < 4.78 is 16.7. The number of aromatic hydroxyl groups is 4. The first-order valence-electron chi connectivity index (χ1n) is 9.77. The molecule has 2 aromatic carbocycles. The van der Waals surface area contributed by atoms with E-state index in [1.54, 1.807) is 0 Å². The van der Waals surface area contributed by atoms with Gasteiger partial charge in [0.05, 0.1) is 12.2 Å². The van der Waals surface area contributed by atoms with Crippen LogP contribution in [0.3, 0.4) is 0 Å². The lowest BCUT2D eigenvalue weighted by molar-refractivity contribution is -0.294. The van der Waals surface area contributed by atoms with Crippen molar-refractivity contribution in [3.8, 4) is 28.7 Å². The molecule has 2 aromatic rings. The normalized spacial score (nSPS) is 29.4. The molecule has 2 aliphatic heterocycles. The van der Waals surface area contributed by atoms with E-state index in [1.807, 2.05) is 0 Å². The topological polar surface area (TPSA) is 210 Å². The van der Waals surface area contributed by atoms with Crippen LogP contribution in [0.1, 0.15) is 17.2 Å². The van der Waals surface area contributed by atoms with Crippen LogP contribution in [0.15, 0.2) is 36.1 Å². The third-order valence-electron chi connectivity index (χ3n) is 5.39. The van der Waals surface area contributed by atoms with Crippen LogP contribution in [-0.4, -0.2) is 83.3 Å². The van der Waals surface area contributed by atoms with Crippen LogP contribution < -0.4 is 4.74 Å². The van der Waals surface area contributed by atoms with Gasteiger partial charge in [-0.1, -0.05) is 0 Å². The third kappa shape index (κ3) is 3.99. The quantitative estimate of drug-likeness (QED) is 0.252. The number of aliphatic hydroxyl groups excluding tert-OH is 5. The van der Waals surface area contributed by atoms with Gasteiger partial charge in [0.1, 0.15) is 47.8 Å². The molecule has 0 radical (unpaired) electrons. The molecule has 0 spiro atoms. The molecule has 0 aliphatic carbocycles. The smallest absolute Gasteiger partial charge is 0.229 e. The van der Waals surface area contributed by atoms with Gasteiger partial charge in [0.25, 0.3) is 0 Å². The molecular weight excluding hydrogens is 444 g/mol. The molecule has 0 bridgehead atoms. The lowest BCUT2D eigenvalue weighted by atomic mass is 9.97. The zero-order chi connectivity index (χ0) is 24.0. The molecular formula is C21H22O12. The van der Waals surface area contributed by atoms with Crippen LogP contribution in [0.25, 0.3) is 5.76 Å². The number of rotatable bonds is 4. The molecule has 1 saturated heterocycles. The molecule has 0 saturated carbocycles. The third-order valence-corrected chi connectivity index (χ3v) is 5.39. The fourth-order valence-electron chi connectivity index (χ4n) is 3.65. The minimum atomic E-state index is -1.81. The minimum Gasteiger partial charge on any atom is -0.508 e. The van der Waals surface area contributed by atoms with Gasteiger partial charge in [-0.2, -0.15) is 0 Å². The van der Waals surface area contributed by atoms with Crippen LogP contribution in [0.2, 0.25) is 0 Å². The molecule has 12 heteroatoms. The maximum Gasteiger partial charge on any atom is 0.229 e. The van der Waals surface area contributed by atoms with Crippen molar-refractivity contribution in [2.24, 2.45) is 0 Å². The Morgan fingerprint density at radius 2 is 1.55 bits per heavy atom. The second-order valence-corrected chi connectivity index (χ2v) is 7.59. The summed E-state index contributed by atoms with van der Waals surface area (Å²) in [6.45, 7) is -0.718. The average molecular weight is 466 g/mol. The second-order valence-electron chi connectivity index (χ2n) is 7.59. The summed E-state index contributed by atoms with van der Waals surface area (Å²) in [5.74, 6) is -2.71. The van der Waals surface area contributed by atoms with Crippen LogP contribution >= 0.6 is 0 Å². The van der Waals surface area contributed by atoms with Gasteiger partial charge in [0.2, 0.25) is 6.29 Å². The van der Waals surface area contributed by atoms with E-state index in [0.717, 1.165) is 24.3 Å². The Balaban J connectivity index is 1.81.